The Morgan fingerprint density at radius 1 is 1.14 bits per heavy atom. The SMILES string of the molecule is C=CCc1cc(/C=C2/SC(=S)N(c3cccc(F)c3)C2=O)cc(OCC)c1OCc1ccc(Br)cc1. The molecule has 4 rings (SSSR count). The molecule has 0 aromatic heterocycles. The van der Waals surface area contributed by atoms with Gasteiger partial charge >= 0.3 is 0 Å². The fourth-order valence-electron chi connectivity index (χ4n) is 3.69. The molecule has 0 bridgehead atoms. The van der Waals surface area contributed by atoms with E-state index in [1.165, 1.54) is 28.8 Å². The average Bonchev–Trinajstić information content (AvgIpc) is 3.12. The van der Waals surface area contributed by atoms with E-state index in [4.69, 9.17) is 21.7 Å². The lowest BCUT2D eigenvalue weighted by Gasteiger charge is -2.17. The summed E-state index contributed by atoms with van der Waals surface area (Å²) in [5.41, 5.74) is 3.08. The first kappa shape index (κ1) is 26.1. The Hall–Kier alpha value is -2.94. The van der Waals surface area contributed by atoms with Gasteiger partial charge in [-0.15, -0.1) is 6.58 Å². The first-order chi connectivity index (χ1) is 17.4. The Morgan fingerprint density at radius 3 is 2.61 bits per heavy atom. The first-order valence-electron chi connectivity index (χ1n) is 11.2. The van der Waals surface area contributed by atoms with Gasteiger partial charge in [0.1, 0.15) is 12.4 Å². The Labute approximate surface area is 227 Å². The predicted octanol–water partition coefficient (Wildman–Crippen LogP) is 7.70. The molecule has 0 radical (unpaired) electrons. The first-order valence-corrected chi connectivity index (χ1v) is 13.2. The summed E-state index contributed by atoms with van der Waals surface area (Å²) in [6.07, 6.45) is 4.12. The maximum Gasteiger partial charge on any atom is 0.270 e. The highest BCUT2D eigenvalue weighted by atomic mass is 79.9. The summed E-state index contributed by atoms with van der Waals surface area (Å²) in [4.78, 5) is 14.9. The molecule has 0 N–H and O–H groups in total. The van der Waals surface area contributed by atoms with E-state index in [9.17, 15) is 9.18 Å². The van der Waals surface area contributed by atoms with Gasteiger partial charge in [0, 0.05) is 10.0 Å². The Kier molecular flexibility index (Phi) is 8.61. The number of carbonyl (C=O) groups is 1. The third-order valence-electron chi connectivity index (χ3n) is 5.27. The van der Waals surface area contributed by atoms with Gasteiger partial charge in [0.15, 0.2) is 15.8 Å². The van der Waals surface area contributed by atoms with Crippen LogP contribution in [-0.2, 0) is 17.8 Å². The summed E-state index contributed by atoms with van der Waals surface area (Å²) in [5, 5.41) is 0. The van der Waals surface area contributed by atoms with Crippen molar-refractivity contribution in [3.05, 3.63) is 105 Å². The van der Waals surface area contributed by atoms with Crippen molar-refractivity contribution in [1.82, 2.24) is 0 Å². The van der Waals surface area contributed by atoms with Gasteiger partial charge in [0.05, 0.1) is 17.2 Å². The van der Waals surface area contributed by atoms with E-state index in [0.29, 0.717) is 46.0 Å². The van der Waals surface area contributed by atoms with Gasteiger partial charge in [0.2, 0.25) is 0 Å². The second kappa shape index (κ2) is 11.9. The van der Waals surface area contributed by atoms with Crippen LogP contribution in [0.4, 0.5) is 10.1 Å². The van der Waals surface area contributed by atoms with Gasteiger partial charge in [-0.1, -0.05) is 64.2 Å². The standard InChI is InChI=1S/C28H23BrFNO3S2/c1-3-6-20-13-19(14-24(33-4-2)26(20)34-17-18-9-11-21(29)12-10-18)15-25-27(32)31(28(35)36-25)23-8-5-7-22(30)16-23/h3,5,7-16H,1,4,6,17H2,2H3/b25-15+. The lowest BCUT2D eigenvalue weighted by atomic mass is 10.0. The number of anilines is 1. The molecule has 36 heavy (non-hydrogen) atoms. The van der Waals surface area contributed by atoms with Crippen molar-refractivity contribution in [2.24, 2.45) is 0 Å². The van der Waals surface area contributed by atoms with Crippen LogP contribution >= 0.6 is 39.9 Å². The fraction of sp³-hybridized carbons (Fsp3) is 0.143. The zero-order valence-electron chi connectivity index (χ0n) is 19.5. The molecule has 3 aromatic carbocycles. The number of rotatable bonds is 9. The summed E-state index contributed by atoms with van der Waals surface area (Å²) in [7, 11) is 0. The molecular weight excluding hydrogens is 561 g/mol. The van der Waals surface area contributed by atoms with E-state index in [-0.39, 0.29) is 5.91 Å². The van der Waals surface area contributed by atoms with Crippen molar-refractivity contribution in [1.29, 1.82) is 0 Å². The van der Waals surface area contributed by atoms with Crippen LogP contribution in [0.1, 0.15) is 23.6 Å². The Balaban J connectivity index is 1.66. The van der Waals surface area contributed by atoms with Crippen molar-refractivity contribution in [3.63, 3.8) is 0 Å². The second-order valence-corrected chi connectivity index (χ2v) is 10.4. The van der Waals surface area contributed by atoms with Crippen LogP contribution in [0.2, 0.25) is 0 Å². The summed E-state index contributed by atoms with van der Waals surface area (Å²) < 4.78 is 27.2. The van der Waals surface area contributed by atoms with Crippen molar-refractivity contribution in [3.8, 4) is 11.5 Å². The molecular formula is C28H23BrFNO3S2. The fourth-order valence-corrected chi connectivity index (χ4v) is 5.26. The summed E-state index contributed by atoms with van der Waals surface area (Å²) in [6.45, 7) is 6.61. The third kappa shape index (κ3) is 6.06. The number of nitrogens with zero attached hydrogens (tertiary/aromatic N) is 1. The van der Waals surface area contributed by atoms with E-state index in [0.717, 1.165) is 21.2 Å². The second-order valence-electron chi connectivity index (χ2n) is 7.85. The molecule has 8 heteroatoms. The highest BCUT2D eigenvalue weighted by Gasteiger charge is 2.33. The zero-order valence-corrected chi connectivity index (χ0v) is 22.7. The van der Waals surface area contributed by atoms with E-state index in [2.05, 4.69) is 22.5 Å². The highest BCUT2D eigenvalue weighted by Crippen LogP contribution is 2.39. The van der Waals surface area contributed by atoms with Crippen molar-refractivity contribution in [2.45, 2.75) is 20.0 Å². The van der Waals surface area contributed by atoms with Crippen molar-refractivity contribution in [2.75, 3.05) is 11.5 Å². The number of ether oxygens (including phenoxy) is 2. The van der Waals surface area contributed by atoms with Gasteiger partial charge in [0.25, 0.3) is 5.91 Å². The number of hydrogen-bond donors (Lipinski definition) is 0. The smallest absolute Gasteiger partial charge is 0.270 e. The lowest BCUT2D eigenvalue weighted by molar-refractivity contribution is -0.113. The molecule has 0 aliphatic carbocycles. The molecule has 0 saturated carbocycles. The molecule has 1 fully saturated rings. The van der Waals surface area contributed by atoms with Gasteiger partial charge < -0.3 is 9.47 Å². The Bertz CT molecular complexity index is 1340. The highest BCUT2D eigenvalue weighted by molar-refractivity contribution is 9.10. The van der Waals surface area contributed by atoms with E-state index in [1.807, 2.05) is 43.3 Å². The number of allylic oxidation sites excluding steroid dienone is 1. The minimum atomic E-state index is -0.431. The maximum absolute atomic E-state index is 13.7. The molecule has 1 amide bonds. The van der Waals surface area contributed by atoms with Gasteiger partial charge in [-0.3, -0.25) is 9.69 Å². The Morgan fingerprint density at radius 2 is 1.92 bits per heavy atom. The van der Waals surface area contributed by atoms with Crippen LogP contribution in [0.5, 0.6) is 11.5 Å². The number of benzene rings is 3. The molecule has 184 valence electrons. The number of hydrogen-bond acceptors (Lipinski definition) is 5. The minimum Gasteiger partial charge on any atom is -0.490 e. The summed E-state index contributed by atoms with van der Waals surface area (Å²) in [6, 6.07) is 17.6. The van der Waals surface area contributed by atoms with Gasteiger partial charge in [-0.05, 0) is 73.0 Å². The third-order valence-corrected chi connectivity index (χ3v) is 7.10. The van der Waals surface area contributed by atoms with Gasteiger partial charge in [-0.25, -0.2) is 4.39 Å². The maximum atomic E-state index is 13.7. The topological polar surface area (TPSA) is 38.8 Å². The number of amides is 1. The number of thiocarbonyl (C=S) groups is 1. The number of halogens is 2. The van der Waals surface area contributed by atoms with Crippen LogP contribution in [-0.4, -0.2) is 16.8 Å². The largest absolute Gasteiger partial charge is 0.490 e. The molecule has 4 nitrogen and oxygen atoms in total. The van der Waals surface area contributed by atoms with E-state index < -0.39 is 5.82 Å². The normalized spacial score (nSPS) is 14.4. The number of carbonyl (C=O) groups excluding carboxylic acids is 1. The van der Waals surface area contributed by atoms with Crippen LogP contribution in [0.25, 0.3) is 6.08 Å². The summed E-state index contributed by atoms with van der Waals surface area (Å²) >= 11 is 10.1. The van der Waals surface area contributed by atoms with E-state index in [1.54, 1.807) is 24.3 Å². The monoisotopic (exact) mass is 583 g/mol. The molecule has 1 heterocycles. The lowest BCUT2D eigenvalue weighted by Crippen LogP contribution is -2.27. The van der Waals surface area contributed by atoms with Crippen LogP contribution in [0, 0.1) is 5.82 Å². The molecule has 1 aliphatic heterocycles. The number of thioether (sulfide) groups is 1. The van der Waals surface area contributed by atoms with E-state index >= 15 is 0 Å². The quantitative estimate of drug-likeness (QED) is 0.146. The van der Waals surface area contributed by atoms with Crippen molar-refractivity contribution >= 4 is 61.9 Å². The van der Waals surface area contributed by atoms with Crippen LogP contribution in [0.3, 0.4) is 0 Å². The minimum absolute atomic E-state index is 0.297. The molecule has 0 spiro atoms. The molecule has 1 saturated heterocycles. The summed E-state index contributed by atoms with van der Waals surface area (Å²) in [5.74, 6) is 0.499. The molecule has 3 aromatic rings. The molecule has 0 atom stereocenters. The molecule has 0 unspecified atom stereocenters. The van der Waals surface area contributed by atoms with Crippen LogP contribution < -0.4 is 14.4 Å². The van der Waals surface area contributed by atoms with Gasteiger partial charge in [-0.2, -0.15) is 0 Å². The average molecular weight is 585 g/mol. The zero-order chi connectivity index (χ0) is 25.7. The van der Waals surface area contributed by atoms with Crippen LogP contribution in [0.15, 0.2) is 82.7 Å². The van der Waals surface area contributed by atoms with Crippen molar-refractivity contribution < 1.29 is 18.7 Å². The predicted molar refractivity (Wildman–Crippen MR) is 152 cm³/mol. The molecule has 1 aliphatic rings.